The Labute approximate surface area is 112 Å². The van der Waals surface area contributed by atoms with Crippen LogP contribution in [0.1, 0.15) is 58.8 Å². The summed E-state index contributed by atoms with van der Waals surface area (Å²) in [4.78, 5) is 14.3. The SMILES string of the molecule is CCCCN(CCCC)C(=O)CC1(CS)CC1. The molecule has 0 N–H and O–H groups in total. The van der Waals surface area contributed by atoms with Gasteiger partial charge < -0.3 is 4.90 Å². The lowest BCUT2D eigenvalue weighted by molar-refractivity contribution is -0.132. The minimum atomic E-state index is 0.261. The van der Waals surface area contributed by atoms with E-state index < -0.39 is 0 Å². The lowest BCUT2D eigenvalue weighted by Gasteiger charge is -2.24. The smallest absolute Gasteiger partial charge is 0.223 e. The Morgan fingerprint density at radius 2 is 1.71 bits per heavy atom. The van der Waals surface area contributed by atoms with Gasteiger partial charge in [0.1, 0.15) is 0 Å². The molecule has 0 bridgehead atoms. The predicted molar refractivity (Wildman–Crippen MR) is 76.5 cm³/mol. The summed E-state index contributed by atoms with van der Waals surface area (Å²) in [6.07, 6.45) is 7.69. The summed E-state index contributed by atoms with van der Waals surface area (Å²) in [6.45, 7) is 6.24. The third-order valence-corrected chi connectivity index (χ3v) is 4.41. The molecule has 0 aromatic carbocycles. The maximum Gasteiger partial charge on any atom is 0.223 e. The quantitative estimate of drug-likeness (QED) is 0.627. The molecule has 3 heteroatoms. The van der Waals surface area contributed by atoms with Gasteiger partial charge in [-0.05, 0) is 36.9 Å². The summed E-state index contributed by atoms with van der Waals surface area (Å²) in [5.74, 6) is 1.23. The monoisotopic (exact) mass is 257 g/mol. The molecule has 2 nitrogen and oxygen atoms in total. The summed E-state index contributed by atoms with van der Waals surface area (Å²) >= 11 is 4.38. The highest BCUT2D eigenvalue weighted by Gasteiger charge is 2.43. The van der Waals surface area contributed by atoms with Crippen molar-refractivity contribution in [3.63, 3.8) is 0 Å². The van der Waals surface area contributed by atoms with Crippen molar-refractivity contribution >= 4 is 18.5 Å². The summed E-state index contributed by atoms with van der Waals surface area (Å²) in [6, 6.07) is 0. The van der Waals surface area contributed by atoms with Gasteiger partial charge in [-0.15, -0.1) is 0 Å². The Balaban J connectivity index is 2.40. The fourth-order valence-electron chi connectivity index (χ4n) is 2.06. The normalized spacial score (nSPS) is 16.9. The minimum absolute atomic E-state index is 0.261. The molecule has 1 rings (SSSR count). The Kier molecular flexibility index (Phi) is 6.39. The summed E-state index contributed by atoms with van der Waals surface area (Å²) < 4.78 is 0. The van der Waals surface area contributed by atoms with Crippen LogP contribution in [-0.4, -0.2) is 29.6 Å². The van der Waals surface area contributed by atoms with Crippen molar-refractivity contribution in [2.24, 2.45) is 5.41 Å². The molecular weight excluding hydrogens is 230 g/mol. The maximum absolute atomic E-state index is 12.3. The Morgan fingerprint density at radius 1 is 1.18 bits per heavy atom. The number of hydrogen-bond acceptors (Lipinski definition) is 2. The van der Waals surface area contributed by atoms with Crippen LogP contribution in [-0.2, 0) is 4.79 Å². The first kappa shape index (κ1) is 14.9. The first-order chi connectivity index (χ1) is 8.17. The maximum atomic E-state index is 12.3. The highest BCUT2D eigenvalue weighted by Crippen LogP contribution is 2.49. The molecule has 0 atom stereocenters. The summed E-state index contributed by atoms with van der Waals surface area (Å²) in [5.41, 5.74) is 0.261. The van der Waals surface area contributed by atoms with Crippen LogP contribution < -0.4 is 0 Å². The molecule has 1 aliphatic carbocycles. The topological polar surface area (TPSA) is 20.3 Å². The van der Waals surface area contributed by atoms with E-state index in [4.69, 9.17) is 0 Å². The first-order valence-electron chi connectivity index (χ1n) is 7.06. The molecule has 0 unspecified atom stereocenters. The van der Waals surface area contributed by atoms with Gasteiger partial charge in [0.05, 0.1) is 0 Å². The van der Waals surface area contributed by atoms with Gasteiger partial charge in [-0.2, -0.15) is 12.6 Å². The Morgan fingerprint density at radius 3 is 2.06 bits per heavy atom. The number of nitrogens with zero attached hydrogens (tertiary/aromatic N) is 1. The number of unbranched alkanes of at least 4 members (excludes halogenated alkanes) is 2. The standard InChI is InChI=1S/C14H27NOS/c1-3-5-9-15(10-6-4-2)13(16)11-14(12-17)7-8-14/h17H,3-12H2,1-2H3. The average Bonchev–Trinajstić information content (AvgIpc) is 3.09. The van der Waals surface area contributed by atoms with Crippen molar-refractivity contribution < 1.29 is 4.79 Å². The van der Waals surface area contributed by atoms with Gasteiger partial charge in [-0.1, -0.05) is 26.7 Å². The number of rotatable bonds is 9. The highest BCUT2D eigenvalue weighted by atomic mass is 32.1. The average molecular weight is 257 g/mol. The van der Waals surface area contributed by atoms with E-state index in [9.17, 15) is 4.79 Å². The number of thiol groups is 1. The van der Waals surface area contributed by atoms with E-state index in [1.165, 1.54) is 12.8 Å². The van der Waals surface area contributed by atoms with Gasteiger partial charge in [0, 0.05) is 19.5 Å². The van der Waals surface area contributed by atoms with E-state index in [0.29, 0.717) is 5.91 Å². The molecule has 1 amide bonds. The molecule has 1 fully saturated rings. The second-order valence-corrected chi connectivity index (χ2v) is 5.74. The van der Waals surface area contributed by atoms with Crippen LogP contribution in [0.3, 0.4) is 0 Å². The van der Waals surface area contributed by atoms with Crippen LogP contribution in [0.5, 0.6) is 0 Å². The minimum Gasteiger partial charge on any atom is -0.343 e. The van der Waals surface area contributed by atoms with Crippen molar-refractivity contribution in [2.45, 2.75) is 58.8 Å². The van der Waals surface area contributed by atoms with E-state index in [0.717, 1.165) is 50.9 Å². The largest absolute Gasteiger partial charge is 0.343 e. The van der Waals surface area contributed by atoms with Gasteiger partial charge >= 0.3 is 0 Å². The third kappa shape index (κ3) is 4.90. The molecule has 1 saturated carbocycles. The summed E-state index contributed by atoms with van der Waals surface area (Å²) in [5, 5.41) is 0. The number of amides is 1. The molecule has 1 aliphatic rings. The molecule has 0 aliphatic heterocycles. The third-order valence-electron chi connectivity index (χ3n) is 3.73. The van der Waals surface area contributed by atoms with Crippen LogP contribution in [0.2, 0.25) is 0 Å². The van der Waals surface area contributed by atoms with Crippen LogP contribution >= 0.6 is 12.6 Å². The molecule has 0 radical (unpaired) electrons. The molecule has 0 aromatic rings. The molecule has 100 valence electrons. The van der Waals surface area contributed by atoms with Crippen LogP contribution in [0.15, 0.2) is 0 Å². The van der Waals surface area contributed by atoms with E-state index in [2.05, 4.69) is 31.4 Å². The predicted octanol–water partition coefficient (Wildman–Crippen LogP) is 3.52. The highest BCUT2D eigenvalue weighted by molar-refractivity contribution is 7.80. The van der Waals surface area contributed by atoms with Gasteiger partial charge in [-0.3, -0.25) is 4.79 Å². The van der Waals surface area contributed by atoms with Gasteiger partial charge in [0.25, 0.3) is 0 Å². The fraction of sp³-hybridized carbons (Fsp3) is 0.929. The molecule has 17 heavy (non-hydrogen) atoms. The second-order valence-electron chi connectivity index (χ2n) is 5.42. The summed E-state index contributed by atoms with van der Waals surface area (Å²) in [7, 11) is 0. The number of carbonyl (C=O) groups excluding carboxylic acids is 1. The van der Waals surface area contributed by atoms with Crippen LogP contribution in [0.25, 0.3) is 0 Å². The van der Waals surface area contributed by atoms with E-state index >= 15 is 0 Å². The second kappa shape index (κ2) is 7.30. The zero-order valence-corrected chi connectivity index (χ0v) is 12.3. The van der Waals surface area contributed by atoms with Crippen molar-refractivity contribution in [1.82, 2.24) is 4.90 Å². The van der Waals surface area contributed by atoms with Crippen molar-refractivity contribution in [3.8, 4) is 0 Å². The molecule has 0 aromatic heterocycles. The Bertz CT molecular complexity index is 230. The first-order valence-corrected chi connectivity index (χ1v) is 7.69. The van der Waals surface area contributed by atoms with Gasteiger partial charge in [-0.25, -0.2) is 0 Å². The molecule has 0 saturated heterocycles. The van der Waals surface area contributed by atoms with Gasteiger partial charge in [0.2, 0.25) is 5.91 Å². The zero-order valence-electron chi connectivity index (χ0n) is 11.4. The number of hydrogen-bond donors (Lipinski definition) is 1. The van der Waals surface area contributed by atoms with E-state index in [1.807, 2.05) is 0 Å². The zero-order chi connectivity index (χ0) is 12.7. The van der Waals surface area contributed by atoms with E-state index in [1.54, 1.807) is 0 Å². The Hall–Kier alpha value is -0.180. The fourth-order valence-corrected chi connectivity index (χ4v) is 2.49. The molecule has 0 heterocycles. The molecule has 0 spiro atoms. The number of carbonyl (C=O) groups is 1. The molecular formula is C14H27NOS. The van der Waals surface area contributed by atoms with E-state index in [-0.39, 0.29) is 5.41 Å². The van der Waals surface area contributed by atoms with Crippen molar-refractivity contribution in [2.75, 3.05) is 18.8 Å². The van der Waals surface area contributed by atoms with Crippen LogP contribution in [0, 0.1) is 5.41 Å². The van der Waals surface area contributed by atoms with Crippen molar-refractivity contribution in [3.05, 3.63) is 0 Å². The lowest BCUT2D eigenvalue weighted by atomic mass is 10.0. The van der Waals surface area contributed by atoms with Gasteiger partial charge in [0.15, 0.2) is 0 Å². The van der Waals surface area contributed by atoms with Crippen LogP contribution in [0.4, 0.5) is 0 Å². The lowest BCUT2D eigenvalue weighted by Crippen LogP contribution is -2.34. The van der Waals surface area contributed by atoms with Crippen molar-refractivity contribution in [1.29, 1.82) is 0 Å².